The largest absolute Gasteiger partial charge is 0.309 e. The molecule has 2 aliphatic heterocycles. The number of allylic oxidation sites excluding steroid dienone is 4. The van der Waals surface area contributed by atoms with Crippen molar-refractivity contribution in [1.82, 2.24) is 19.1 Å². The van der Waals surface area contributed by atoms with E-state index in [0.29, 0.717) is 11.1 Å². The highest BCUT2D eigenvalue weighted by Crippen LogP contribution is 2.48. The number of anilines is 3. The second kappa shape index (κ2) is 11.6. The molecule has 1 aliphatic carbocycles. The zero-order valence-corrected chi connectivity index (χ0v) is 30.9. The number of alkyl halides is 1. The van der Waals surface area contributed by atoms with Gasteiger partial charge in [-0.3, -0.25) is 4.90 Å². The number of rotatable bonds is 4. The number of benzene rings is 5. The average molecular weight is 718 g/mol. The van der Waals surface area contributed by atoms with Crippen molar-refractivity contribution >= 4 is 57.4 Å². The number of hydrogen-bond donors (Lipinski definition) is 0. The minimum absolute atomic E-state index is 0.0488. The van der Waals surface area contributed by atoms with Crippen LogP contribution in [0.1, 0.15) is 35.0 Å². The van der Waals surface area contributed by atoms with E-state index in [4.69, 9.17) is 9.97 Å². The van der Waals surface area contributed by atoms with Gasteiger partial charge in [0, 0.05) is 58.3 Å². The molecule has 0 spiro atoms. The first-order valence-electron chi connectivity index (χ1n) is 18.6. The lowest BCUT2D eigenvalue weighted by Crippen LogP contribution is -2.58. The quantitative estimate of drug-likeness (QED) is 0.170. The Morgan fingerprint density at radius 3 is 2.39 bits per heavy atom. The second-order valence-electron chi connectivity index (χ2n) is 15.2. The lowest BCUT2D eigenvalue weighted by Gasteiger charge is -2.40. The van der Waals surface area contributed by atoms with Gasteiger partial charge in [0.25, 0.3) is 0 Å². The summed E-state index contributed by atoms with van der Waals surface area (Å²) < 4.78 is 21.5. The van der Waals surface area contributed by atoms with Crippen molar-refractivity contribution in [3.05, 3.63) is 187 Å². The van der Waals surface area contributed by atoms with Crippen LogP contribution in [0.5, 0.6) is 0 Å². The zero-order valence-electron chi connectivity index (χ0n) is 29.9. The number of fused-ring (bicyclic) bond motifs is 11. The smallest absolute Gasteiger partial charge is 0.150 e. The van der Waals surface area contributed by atoms with E-state index in [9.17, 15) is 0 Å². The summed E-state index contributed by atoms with van der Waals surface area (Å²) in [4.78, 5) is 12.1. The van der Waals surface area contributed by atoms with Crippen LogP contribution >= 0.6 is 0 Å². The fourth-order valence-electron chi connectivity index (χ4n) is 9.30. The number of nitrogens with zero attached hydrogens (tertiary/aromatic N) is 5. The average Bonchev–Trinajstić information content (AvgIpc) is 3.84. The minimum atomic E-state index is -2.22. The third-order valence-electron chi connectivity index (χ3n) is 11.9. The molecular formula is C47H36FN5Si. The van der Waals surface area contributed by atoms with Crippen LogP contribution in [0, 0.1) is 0 Å². The molecule has 5 aromatic carbocycles. The van der Waals surface area contributed by atoms with Crippen molar-refractivity contribution in [2.45, 2.75) is 31.1 Å². The van der Waals surface area contributed by atoms with E-state index in [1.54, 1.807) is 0 Å². The number of para-hydroxylation sites is 3. The van der Waals surface area contributed by atoms with Crippen molar-refractivity contribution in [3.8, 4) is 11.4 Å². The summed E-state index contributed by atoms with van der Waals surface area (Å²) in [6.07, 6.45) is 10.7. The first kappa shape index (κ1) is 31.2. The standard InChI is InChI=1S/C47H36FN5Si/c1-54(2)43-20-11-23-49-47(43)53(42-29-41-37(28-44(42)54)36-17-7-9-19-40(36)52(41)32-13-4-3-5-14-32)33-15-10-12-30(26-33)45(48)31-21-22-34-35-16-6-8-18-39(35)51-25-24-50-46(51)38(34)27-31/h3-29,34,38,45H,1-2H3. The molecule has 3 aromatic heterocycles. The Morgan fingerprint density at radius 1 is 0.667 bits per heavy atom. The lowest BCUT2D eigenvalue weighted by atomic mass is 9.77. The number of aromatic nitrogens is 4. The Hall–Kier alpha value is -6.31. The van der Waals surface area contributed by atoms with Crippen LogP contribution in [-0.2, 0) is 0 Å². The molecule has 0 saturated carbocycles. The highest BCUT2D eigenvalue weighted by Gasteiger charge is 2.41. The molecule has 5 nitrogen and oxygen atoms in total. The van der Waals surface area contributed by atoms with Gasteiger partial charge >= 0.3 is 0 Å². The van der Waals surface area contributed by atoms with Crippen molar-refractivity contribution in [3.63, 3.8) is 0 Å². The van der Waals surface area contributed by atoms with Crippen LogP contribution in [0.2, 0.25) is 13.1 Å². The molecule has 5 heterocycles. The van der Waals surface area contributed by atoms with Crippen molar-refractivity contribution in [1.29, 1.82) is 0 Å². The van der Waals surface area contributed by atoms with Crippen LogP contribution in [0.3, 0.4) is 0 Å². The van der Waals surface area contributed by atoms with Crippen LogP contribution in [-0.4, -0.2) is 27.2 Å². The summed E-state index contributed by atoms with van der Waals surface area (Å²) in [6.45, 7) is 4.84. The fourth-order valence-corrected chi connectivity index (χ4v) is 12.2. The Balaban J connectivity index is 1.06. The normalized spacial score (nSPS) is 18.4. The van der Waals surface area contributed by atoms with Crippen LogP contribution < -0.4 is 15.3 Å². The molecule has 8 aromatic rings. The number of pyridine rings is 1. The first-order chi connectivity index (χ1) is 26.5. The maximum atomic E-state index is 17.0. The fraction of sp³-hybridized carbons (Fsp3) is 0.106. The van der Waals surface area contributed by atoms with Gasteiger partial charge in [-0.1, -0.05) is 110 Å². The van der Waals surface area contributed by atoms with Gasteiger partial charge in [-0.2, -0.15) is 0 Å². The topological polar surface area (TPSA) is 38.9 Å². The maximum absolute atomic E-state index is 17.0. The molecule has 0 radical (unpaired) electrons. The molecule has 0 amide bonds. The monoisotopic (exact) mass is 717 g/mol. The van der Waals surface area contributed by atoms with Crippen molar-refractivity contribution in [2.75, 3.05) is 4.90 Å². The van der Waals surface area contributed by atoms with Gasteiger partial charge in [0.15, 0.2) is 6.17 Å². The Bertz CT molecular complexity index is 2870. The lowest BCUT2D eigenvalue weighted by molar-refractivity contribution is 0.397. The number of halogens is 1. The second-order valence-corrected chi connectivity index (χ2v) is 19.5. The van der Waals surface area contributed by atoms with Crippen molar-refractivity contribution in [2.24, 2.45) is 0 Å². The first-order valence-corrected chi connectivity index (χ1v) is 21.6. The summed E-state index contributed by atoms with van der Waals surface area (Å²) in [5.41, 5.74) is 9.06. The van der Waals surface area contributed by atoms with Crippen LogP contribution in [0.4, 0.5) is 21.6 Å². The molecule has 11 rings (SSSR count). The number of imidazole rings is 1. The molecule has 3 aliphatic rings. The van der Waals surface area contributed by atoms with E-state index in [2.05, 4.69) is 148 Å². The third-order valence-corrected chi connectivity index (χ3v) is 15.4. The van der Waals surface area contributed by atoms with Gasteiger partial charge in [-0.05, 0) is 75.6 Å². The molecule has 0 bridgehead atoms. The van der Waals surface area contributed by atoms with E-state index in [-0.39, 0.29) is 11.8 Å². The number of hydrogen-bond acceptors (Lipinski definition) is 3. The Kier molecular flexibility index (Phi) is 6.71. The highest BCUT2D eigenvalue weighted by atomic mass is 28.3. The SMILES string of the molecule is C[Si]1(C)c2cc3c4ccccc4n(-c4ccccc4)c3cc2N(c2cccc(C(F)C3=CC4c5nccn5-c5ccccc5C4C=C3)c2)c2ncccc21. The van der Waals surface area contributed by atoms with E-state index < -0.39 is 14.2 Å². The summed E-state index contributed by atoms with van der Waals surface area (Å²) in [6, 6.07) is 44.8. The van der Waals surface area contributed by atoms with Gasteiger partial charge in [0.2, 0.25) is 0 Å². The van der Waals surface area contributed by atoms with E-state index in [1.807, 2.05) is 42.9 Å². The molecule has 54 heavy (non-hydrogen) atoms. The summed E-state index contributed by atoms with van der Waals surface area (Å²) in [5.74, 6) is 1.93. The van der Waals surface area contributed by atoms with Crippen molar-refractivity contribution < 1.29 is 4.39 Å². The highest BCUT2D eigenvalue weighted by molar-refractivity contribution is 7.02. The van der Waals surface area contributed by atoms with Crippen LogP contribution in [0.15, 0.2) is 170 Å². The predicted molar refractivity (Wildman–Crippen MR) is 220 cm³/mol. The van der Waals surface area contributed by atoms with E-state index >= 15 is 4.39 Å². The third kappa shape index (κ3) is 4.42. The van der Waals surface area contributed by atoms with Gasteiger partial charge in [0.05, 0.1) is 16.7 Å². The van der Waals surface area contributed by atoms with Gasteiger partial charge < -0.3 is 9.13 Å². The molecule has 3 unspecified atom stereocenters. The summed E-state index contributed by atoms with van der Waals surface area (Å²) >= 11 is 0. The van der Waals surface area contributed by atoms with Crippen LogP contribution in [0.25, 0.3) is 33.2 Å². The minimum Gasteiger partial charge on any atom is -0.309 e. The zero-order chi connectivity index (χ0) is 36.1. The molecule has 260 valence electrons. The summed E-state index contributed by atoms with van der Waals surface area (Å²) in [7, 11) is -2.22. The van der Waals surface area contributed by atoms with Gasteiger partial charge in [-0.25, -0.2) is 14.4 Å². The van der Waals surface area contributed by atoms with Gasteiger partial charge in [-0.15, -0.1) is 0 Å². The molecule has 0 fully saturated rings. The van der Waals surface area contributed by atoms with Gasteiger partial charge in [0.1, 0.15) is 19.7 Å². The maximum Gasteiger partial charge on any atom is 0.150 e. The summed E-state index contributed by atoms with van der Waals surface area (Å²) in [5, 5.41) is 5.07. The predicted octanol–water partition coefficient (Wildman–Crippen LogP) is 10.4. The Morgan fingerprint density at radius 2 is 1.48 bits per heavy atom. The van der Waals surface area contributed by atoms with E-state index in [1.165, 1.54) is 32.2 Å². The molecule has 3 atom stereocenters. The molecule has 0 saturated heterocycles. The molecule has 0 N–H and O–H groups in total. The van der Waals surface area contributed by atoms with E-state index in [0.717, 1.165) is 39.9 Å². The molecular weight excluding hydrogens is 682 g/mol. The molecule has 7 heteroatoms. The Labute approximate surface area is 314 Å².